The second-order valence-corrected chi connectivity index (χ2v) is 10.2. The van der Waals surface area contributed by atoms with Crippen LogP contribution >= 0.6 is 0 Å². The van der Waals surface area contributed by atoms with Crippen LogP contribution in [0.5, 0.6) is 5.75 Å². The Bertz CT molecular complexity index is 889. The van der Waals surface area contributed by atoms with Gasteiger partial charge in [-0.15, -0.1) is 0 Å². The standard InChI is InChI=1S/C27H40N4O4/c1-2-3-4-8-19-35-22-11-9-21(10-12-22)31-24(32)20-23(25(31)33)29-17-13-27(14-18-29,26(28)34)30-15-6-5-7-16-30/h9-12,23H,2-8,13-20H2,1H3,(H2,28,34)/t23-/m1/s1. The molecule has 3 aliphatic rings. The van der Waals surface area contributed by atoms with Crippen molar-refractivity contribution in [3.63, 3.8) is 0 Å². The molecule has 3 heterocycles. The first-order valence-electron chi connectivity index (χ1n) is 13.3. The van der Waals surface area contributed by atoms with E-state index in [1.807, 2.05) is 12.1 Å². The fraction of sp³-hybridized carbons (Fsp3) is 0.667. The number of likely N-dealkylation sites (tertiary alicyclic amines) is 2. The number of imide groups is 1. The zero-order valence-corrected chi connectivity index (χ0v) is 21.0. The number of ether oxygens (including phenoxy) is 1. The van der Waals surface area contributed by atoms with Gasteiger partial charge in [0.1, 0.15) is 11.3 Å². The van der Waals surface area contributed by atoms with E-state index in [1.54, 1.807) is 12.1 Å². The van der Waals surface area contributed by atoms with Gasteiger partial charge in [-0.1, -0.05) is 32.6 Å². The molecule has 3 saturated heterocycles. The molecule has 0 saturated carbocycles. The third kappa shape index (κ3) is 5.54. The number of hydrogen-bond donors (Lipinski definition) is 1. The molecule has 1 atom stereocenters. The number of nitrogens with zero attached hydrogens (tertiary/aromatic N) is 3. The second-order valence-electron chi connectivity index (χ2n) is 10.2. The summed E-state index contributed by atoms with van der Waals surface area (Å²) < 4.78 is 5.79. The van der Waals surface area contributed by atoms with Gasteiger partial charge in [0.25, 0.3) is 5.91 Å². The Hall–Kier alpha value is -2.45. The van der Waals surface area contributed by atoms with E-state index in [9.17, 15) is 14.4 Å². The molecular formula is C27H40N4O4. The van der Waals surface area contributed by atoms with Crippen molar-refractivity contribution in [1.29, 1.82) is 0 Å². The first kappa shape index (κ1) is 25.6. The van der Waals surface area contributed by atoms with Gasteiger partial charge in [-0.2, -0.15) is 0 Å². The number of carbonyl (C=O) groups is 3. The summed E-state index contributed by atoms with van der Waals surface area (Å²) in [5.41, 5.74) is 5.86. The summed E-state index contributed by atoms with van der Waals surface area (Å²) in [4.78, 5) is 44.3. The Morgan fingerprint density at radius 3 is 2.31 bits per heavy atom. The van der Waals surface area contributed by atoms with Gasteiger partial charge in [0.05, 0.1) is 24.8 Å². The monoisotopic (exact) mass is 484 g/mol. The molecule has 192 valence electrons. The lowest BCUT2D eigenvalue weighted by Gasteiger charge is -2.48. The van der Waals surface area contributed by atoms with Gasteiger partial charge < -0.3 is 10.5 Å². The quantitative estimate of drug-likeness (QED) is 0.405. The molecule has 8 nitrogen and oxygen atoms in total. The molecule has 8 heteroatoms. The van der Waals surface area contributed by atoms with Gasteiger partial charge in [0.2, 0.25) is 11.8 Å². The van der Waals surface area contributed by atoms with Crippen molar-refractivity contribution in [3.05, 3.63) is 24.3 Å². The van der Waals surface area contributed by atoms with Crippen LogP contribution in [0.3, 0.4) is 0 Å². The lowest BCUT2D eigenvalue weighted by molar-refractivity contribution is -0.136. The van der Waals surface area contributed by atoms with Crippen molar-refractivity contribution in [1.82, 2.24) is 9.80 Å². The molecule has 2 N–H and O–H groups in total. The molecule has 3 amide bonds. The number of nitrogens with two attached hydrogens (primary N) is 1. The Morgan fingerprint density at radius 1 is 1.00 bits per heavy atom. The molecule has 35 heavy (non-hydrogen) atoms. The minimum atomic E-state index is -0.630. The van der Waals surface area contributed by atoms with Crippen LogP contribution in [-0.4, -0.2) is 71.9 Å². The normalized spacial score (nSPS) is 23.6. The number of piperidine rings is 2. The highest BCUT2D eigenvalue weighted by atomic mass is 16.5. The molecule has 0 aliphatic carbocycles. The lowest BCUT2D eigenvalue weighted by Crippen LogP contribution is -2.64. The Labute approximate surface area is 208 Å². The van der Waals surface area contributed by atoms with Crippen molar-refractivity contribution >= 4 is 23.4 Å². The molecule has 3 fully saturated rings. The number of anilines is 1. The molecule has 0 radical (unpaired) electrons. The SMILES string of the molecule is CCCCCCOc1ccc(N2C(=O)C[C@@H](N3CCC(C(N)=O)(N4CCCCC4)CC3)C2=O)cc1. The van der Waals surface area contributed by atoms with E-state index in [4.69, 9.17) is 10.5 Å². The van der Waals surface area contributed by atoms with Crippen LogP contribution in [0.15, 0.2) is 24.3 Å². The molecule has 3 aliphatic heterocycles. The van der Waals surface area contributed by atoms with Crippen LogP contribution in [0.4, 0.5) is 5.69 Å². The molecule has 1 aromatic carbocycles. The van der Waals surface area contributed by atoms with Crippen molar-refractivity contribution in [3.8, 4) is 5.75 Å². The molecular weight excluding hydrogens is 444 g/mol. The third-order valence-electron chi connectivity index (χ3n) is 7.97. The summed E-state index contributed by atoms with van der Waals surface area (Å²) in [5, 5.41) is 0. The predicted octanol–water partition coefficient (Wildman–Crippen LogP) is 3.08. The van der Waals surface area contributed by atoms with Crippen molar-refractivity contribution in [2.75, 3.05) is 37.7 Å². The zero-order valence-electron chi connectivity index (χ0n) is 21.0. The van der Waals surface area contributed by atoms with Crippen molar-refractivity contribution in [2.24, 2.45) is 5.73 Å². The first-order chi connectivity index (χ1) is 17.0. The number of benzene rings is 1. The van der Waals surface area contributed by atoms with Crippen LogP contribution in [0.2, 0.25) is 0 Å². The van der Waals surface area contributed by atoms with Crippen LogP contribution in [0, 0.1) is 0 Å². The highest BCUT2D eigenvalue weighted by Crippen LogP contribution is 2.35. The van der Waals surface area contributed by atoms with Crippen LogP contribution in [0.1, 0.15) is 71.1 Å². The van der Waals surface area contributed by atoms with E-state index in [-0.39, 0.29) is 24.1 Å². The Balaban J connectivity index is 1.35. The fourth-order valence-corrected chi connectivity index (χ4v) is 5.83. The van der Waals surface area contributed by atoms with E-state index in [0.717, 1.165) is 44.5 Å². The third-order valence-corrected chi connectivity index (χ3v) is 7.97. The van der Waals surface area contributed by atoms with Gasteiger partial charge >= 0.3 is 0 Å². The minimum absolute atomic E-state index is 0.168. The van der Waals surface area contributed by atoms with Gasteiger partial charge in [-0.3, -0.25) is 24.2 Å². The number of rotatable bonds is 10. The summed E-state index contributed by atoms with van der Waals surface area (Å²) in [5.74, 6) is 0.114. The van der Waals surface area contributed by atoms with Crippen molar-refractivity contribution in [2.45, 2.75) is 82.7 Å². The van der Waals surface area contributed by atoms with Crippen molar-refractivity contribution < 1.29 is 19.1 Å². The van der Waals surface area contributed by atoms with Gasteiger partial charge in [-0.05, 0) is 69.5 Å². The molecule has 4 rings (SSSR count). The summed E-state index contributed by atoms with van der Waals surface area (Å²) in [6.07, 6.45) is 9.32. The Morgan fingerprint density at radius 2 is 1.69 bits per heavy atom. The second kappa shape index (κ2) is 11.5. The van der Waals surface area contributed by atoms with Crippen LogP contribution < -0.4 is 15.4 Å². The molecule has 0 spiro atoms. The number of carbonyl (C=O) groups excluding carboxylic acids is 3. The summed E-state index contributed by atoms with van der Waals surface area (Å²) in [6, 6.07) is 6.73. The topological polar surface area (TPSA) is 96.2 Å². The number of primary amides is 1. The smallest absolute Gasteiger partial charge is 0.251 e. The average Bonchev–Trinajstić information content (AvgIpc) is 3.18. The summed E-state index contributed by atoms with van der Waals surface area (Å²) in [7, 11) is 0. The van der Waals surface area contributed by atoms with E-state index >= 15 is 0 Å². The first-order valence-corrected chi connectivity index (χ1v) is 13.3. The highest BCUT2D eigenvalue weighted by molar-refractivity contribution is 6.22. The van der Waals surface area contributed by atoms with Gasteiger partial charge in [0, 0.05) is 13.1 Å². The minimum Gasteiger partial charge on any atom is -0.494 e. The fourth-order valence-electron chi connectivity index (χ4n) is 5.83. The maximum absolute atomic E-state index is 13.3. The maximum Gasteiger partial charge on any atom is 0.251 e. The lowest BCUT2D eigenvalue weighted by atomic mass is 9.83. The molecule has 1 aromatic rings. The summed E-state index contributed by atoms with van der Waals surface area (Å²) in [6.45, 7) is 5.82. The average molecular weight is 485 g/mol. The zero-order chi connectivity index (χ0) is 24.8. The van der Waals surface area contributed by atoms with E-state index < -0.39 is 11.6 Å². The molecule has 0 aromatic heterocycles. The van der Waals surface area contributed by atoms with Crippen LogP contribution in [0.25, 0.3) is 0 Å². The predicted molar refractivity (Wildman–Crippen MR) is 135 cm³/mol. The van der Waals surface area contributed by atoms with Gasteiger partial charge in [-0.25, -0.2) is 4.90 Å². The largest absolute Gasteiger partial charge is 0.494 e. The number of unbranched alkanes of at least 4 members (excludes halogenated alkanes) is 3. The van der Waals surface area contributed by atoms with Gasteiger partial charge in [0.15, 0.2) is 0 Å². The van der Waals surface area contributed by atoms with E-state index in [2.05, 4.69) is 16.7 Å². The molecule has 0 bridgehead atoms. The van der Waals surface area contributed by atoms with E-state index in [0.29, 0.717) is 38.2 Å². The number of amides is 3. The number of hydrogen-bond acceptors (Lipinski definition) is 6. The van der Waals surface area contributed by atoms with Crippen LogP contribution in [-0.2, 0) is 14.4 Å². The van der Waals surface area contributed by atoms with E-state index in [1.165, 1.54) is 24.2 Å². The highest BCUT2D eigenvalue weighted by Gasteiger charge is 2.49. The maximum atomic E-state index is 13.3. The Kier molecular flexibility index (Phi) is 8.44. The molecule has 0 unspecified atom stereocenters. The summed E-state index contributed by atoms with van der Waals surface area (Å²) >= 11 is 0.